The third-order valence-electron chi connectivity index (χ3n) is 2.47. The normalized spacial score (nSPS) is 10.0. The fraction of sp³-hybridized carbons (Fsp3) is 0.167. The quantitative estimate of drug-likeness (QED) is 0.747. The van der Waals surface area contributed by atoms with Crippen LogP contribution in [0.4, 0.5) is 10.5 Å². The van der Waals surface area contributed by atoms with Gasteiger partial charge in [-0.1, -0.05) is 11.3 Å². The molecule has 0 aliphatic carbocycles. The van der Waals surface area contributed by atoms with Crippen LogP contribution in [0.5, 0.6) is 0 Å². The van der Waals surface area contributed by atoms with Gasteiger partial charge in [0.25, 0.3) is 0 Å². The van der Waals surface area contributed by atoms with Crippen LogP contribution < -0.4 is 10.6 Å². The van der Waals surface area contributed by atoms with Gasteiger partial charge in [-0.15, -0.1) is 5.10 Å². The average molecular weight is 275 g/mol. The molecule has 20 heavy (non-hydrogen) atoms. The average Bonchev–Trinajstić information content (AvgIpc) is 2.92. The van der Waals surface area contributed by atoms with Gasteiger partial charge in [0.2, 0.25) is 0 Å². The first-order valence-corrected chi connectivity index (χ1v) is 5.87. The van der Waals surface area contributed by atoms with Crippen LogP contribution in [0.1, 0.15) is 10.4 Å². The number of urea groups is 1. The van der Waals surface area contributed by atoms with Crippen molar-refractivity contribution >= 4 is 17.7 Å². The molecule has 0 atom stereocenters. The minimum absolute atomic E-state index is 0.116. The van der Waals surface area contributed by atoms with E-state index < -0.39 is 12.0 Å². The Morgan fingerprint density at radius 1 is 1.35 bits per heavy atom. The maximum Gasteiger partial charge on any atom is 0.335 e. The predicted molar refractivity (Wildman–Crippen MR) is 70.4 cm³/mol. The highest BCUT2D eigenvalue weighted by molar-refractivity contribution is 5.93. The zero-order valence-electron chi connectivity index (χ0n) is 10.5. The van der Waals surface area contributed by atoms with Crippen LogP contribution in [0.25, 0.3) is 0 Å². The number of carbonyl (C=O) groups excluding carboxylic acids is 1. The number of carboxylic acid groups (broad SMARTS) is 1. The Bertz CT molecular complexity index is 597. The summed E-state index contributed by atoms with van der Waals surface area (Å²) in [6, 6.07) is 5.61. The molecule has 0 aliphatic rings. The van der Waals surface area contributed by atoms with Crippen molar-refractivity contribution in [1.29, 1.82) is 0 Å². The summed E-state index contributed by atoms with van der Waals surface area (Å²) in [7, 11) is 0. The molecule has 2 amide bonds. The molecular formula is C12H13N5O3. The number of carboxylic acids is 1. The van der Waals surface area contributed by atoms with Gasteiger partial charge in [-0.25, -0.2) is 9.59 Å². The molecule has 0 saturated carbocycles. The number of carbonyl (C=O) groups is 2. The van der Waals surface area contributed by atoms with Gasteiger partial charge < -0.3 is 15.7 Å². The van der Waals surface area contributed by atoms with E-state index in [2.05, 4.69) is 20.9 Å². The third kappa shape index (κ3) is 3.80. The van der Waals surface area contributed by atoms with E-state index in [9.17, 15) is 9.59 Å². The molecule has 0 spiro atoms. The van der Waals surface area contributed by atoms with Crippen LogP contribution in [0.15, 0.2) is 36.7 Å². The molecule has 0 aliphatic heterocycles. The molecule has 0 bridgehead atoms. The first-order chi connectivity index (χ1) is 9.65. The number of benzene rings is 1. The minimum atomic E-state index is -1.04. The number of aromatic carboxylic acids is 1. The number of aromatic nitrogens is 3. The van der Waals surface area contributed by atoms with E-state index in [1.165, 1.54) is 12.1 Å². The Balaban J connectivity index is 1.82. The number of rotatable bonds is 5. The van der Waals surface area contributed by atoms with E-state index >= 15 is 0 Å². The molecule has 0 unspecified atom stereocenters. The summed E-state index contributed by atoms with van der Waals surface area (Å²) in [5.74, 6) is -1.04. The van der Waals surface area contributed by atoms with Crippen molar-refractivity contribution in [1.82, 2.24) is 20.3 Å². The lowest BCUT2D eigenvalue weighted by Gasteiger charge is -2.08. The van der Waals surface area contributed by atoms with E-state index in [1.807, 2.05) is 0 Å². The van der Waals surface area contributed by atoms with Gasteiger partial charge in [0.15, 0.2) is 0 Å². The van der Waals surface area contributed by atoms with Gasteiger partial charge in [0.05, 0.1) is 18.3 Å². The summed E-state index contributed by atoms with van der Waals surface area (Å²) >= 11 is 0. The number of anilines is 1. The van der Waals surface area contributed by atoms with Crippen LogP contribution in [-0.4, -0.2) is 38.6 Å². The summed E-state index contributed by atoms with van der Waals surface area (Å²) in [4.78, 5) is 22.4. The molecule has 1 aromatic heterocycles. The number of hydrogen-bond donors (Lipinski definition) is 3. The van der Waals surface area contributed by atoms with E-state index in [0.29, 0.717) is 18.8 Å². The predicted octanol–water partition coefficient (Wildman–Crippen LogP) is 0.798. The summed E-state index contributed by atoms with van der Waals surface area (Å²) < 4.78 is 1.59. The van der Waals surface area contributed by atoms with E-state index in [-0.39, 0.29) is 5.56 Å². The first kappa shape index (κ1) is 13.5. The fourth-order valence-corrected chi connectivity index (χ4v) is 1.54. The van der Waals surface area contributed by atoms with Crippen molar-refractivity contribution in [2.24, 2.45) is 0 Å². The maximum atomic E-state index is 11.6. The number of amides is 2. The second kappa shape index (κ2) is 6.32. The molecule has 0 fully saturated rings. The molecule has 104 valence electrons. The highest BCUT2D eigenvalue weighted by Gasteiger charge is 2.05. The molecule has 2 aromatic rings. The minimum Gasteiger partial charge on any atom is -0.478 e. The zero-order valence-corrected chi connectivity index (χ0v) is 10.5. The van der Waals surface area contributed by atoms with Gasteiger partial charge in [0.1, 0.15) is 0 Å². The van der Waals surface area contributed by atoms with Gasteiger partial charge >= 0.3 is 12.0 Å². The van der Waals surface area contributed by atoms with Crippen LogP contribution in [0.3, 0.4) is 0 Å². The highest BCUT2D eigenvalue weighted by atomic mass is 16.4. The number of nitrogens with one attached hydrogen (secondary N) is 2. The van der Waals surface area contributed by atoms with Crippen LogP contribution in [0, 0.1) is 0 Å². The molecule has 1 heterocycles. The summed E-state index contributed by atoms with van der Waals surface area (Å²) in [6.45, 7) is 0.885. The van der Waals surface area contributed by atoms with E-state index in [4.69, 9.17) is 5.11 Å². The van der Waals surface area contributed by atoms with Gasteiger partial charge in [-0.3, -0.25) is 4.68 Å². The van der Waals surface area contributed by atoms with Crippen molar-refractivity contribution in [3.05, 3.63) is 42.2 Å². The topological polar surface area (TPSA) is 109 Å². The Kier molecular flexibility index (Phi) is 4.28. The highest BCUT2D eigenvalue weighted by Crippen LogP contribution is 2.10. The van der Waals surface area contributed by atoms with Gasteiger partial charge in [-0.05, 0) is 18.2 Å². The lowest BCUT2D eigenvalue weighted by Crippen LogP contribution is -2.31. The molecule has 8 heteroatoms. The van der Waals surface area contributed by atoms with Gasteiger partial charge in [0, 0.05) is 18.4 Å². The van der Waals surface area contributed by atoms with Crippen molar-refractivity contribution in [3.8, 4) is 0 Å². The fourth-order valence-electron chi connectivity index (χ4n) is 1.54. The largest absolute Gasteiger partial charge is 0.478 e. The maximum absolute atomic E-state index is 11.6. The molecule has 2 rings (SSSR count). The van der Waals surface area contributed by atoms with Crippen molar-refractivity contribution < 1.29 is 14.7 Å². The third-order valence-corrected chi connectivity index (χ3v) is 2.47. The second-order valence-electron chi connectivity index (χ2n) is 3.93. The Labute approximate surface area is 114 Å². The van der Waals surface area contributed by atoms with Crippen LogP contribution in [0.2, 0.25) is 0 Å². The zero-order chi connectivity index (χ0) is 14.4. The summed E-state index contributed by atoms with van der Waals surface area (Å²) in [5, 5.41) is 21.4. The summed E-state index contributed by atoms with van der Waals surface area (Å²) in [6.07, 6.45) is 3.24. The Morgan fingerprint density at radius 2 is 2.20 bits per heavy atom. The van der Waals surface area contributed by atoms with E-state index in [1.54, 1.807) is 29.2 Å². The van der Waals surface area contributed by atoms with Crippen molar-refractivity contribution in [2.45, 2.75) is 6.54 Å². The summed E-state index contributed by atoms with van der Waals surface area (Å²) in [5.41, 5.74) is 0.536. The Morgan fingerprint density at radius 3 is 2.90 bits per heavy atom. The molecule has 0 saturated heterocycles. The molecule has 8 nitrogen and oxygen atoms in total. The monoisotopic (exact) mass is 275 g/mol. The lowest BCUT2D eigenvalue weighted by molar-refractivity contribution is 0.0697. The van der Waals surface area contributed by atoms with Crippen molar-refractivity contribution in [3.63, 3.8) is 0 Å². The van der Waals surface area contributed by atoms with Crippen molar-refractivity contribution in [2.75, 3.05) is 11.9 Å². The van der Waals surface area contributed by atoms with Crippen LogP contribution in [-0.2, 0) is 6.54 Å². The molecule has 0 radical (unpaired) electrons. The second-order valence-corrected chi connectivity index (χ2v) is 3.93. The number of nitrogens with zero attached hydrogens (tertiary/aromatic N) is 3. The first-order valence-electron chi connectivity index (χ1n) is 5.87. The number of hydrogen-bond acceptors (Lipinski definition) is 4. The lowest BCUT2D eigenvalue weighted by atomic mass is 10.2. The molecular weight excluding hydrogens is 262 g/mol. The van der Waals surface area contributed by atoms with Crippen LogP contribution >= 0.6 is 0 Å². The smallest absolute Gasteiger partial charge is 0.335 e. The molecule has 3 N–H and O–H groups in total. The Hall–Kier alpha value is -2.90. The SMILES string of the molecule is O=C(NCCn1ccnn1)Nc1cccc(C(=O)O)c1. The molecule has 1 aromatic carbocycles. The van der Waals surface area contributed by atoms with E-state index in [0.717, 1.165) is 0 Å². The van der Waals surface area contributed by atoms with Gasteiger partial charge in [-0.2, -0.15) is 0 Å². The standard InChI is InChI=1S/C12H13N5O3/c18-11(19)9-2-1-3-10(8-9)15-12(20)13-4-6-17-7-5-14-16-17/h1-3,5,7-8H,4,6H2,(H,18,19)(H2,13,15,20).